The molecule has 0 fully saturated rings. The Kier molecular flexibility index (Phi) is 6.34. The van der Waals surface area contributed by atoms with Crippen LogP contribution in [-0.2, 0) is 4.79 Å². The number of rotatable bonds is 6. The fourth-order valence-electron chi connectivity index (χ4n) is 2.39. The molecule has 2 unspecified atom stereocenters. The van der Waals surface area contributed by atoms with Crippen molar-refractivity contribution in [2.24, 2.45) is 11.1 Å². The van der Waals surface area contributed by atoms with E-state index in [1.165, 1.54) is 12.1 Å². The molecule has 0 saturated heterocycles. The molecule has 118 valence electrons. The van der Waals surface area contributed by atoms with Crippen LogP contribution in [0.15, 0.2) is 24.3 Å². The first-order valence-electron chi connectivity index (χ1n) is 7.54. The Bertz CT molecular complexity index is 451. The topological polar surface area (TPSA) is 55.1 Å². The number of benzene rings is 1. The van der Waals surface area contributed by atoms with Crippen molar-refractivity contribution in [2.45, 2.75) is 59.0 Å². The van der Waals surface area contributed by atoms with E-state index in [0.29, 0.717) is 6.42 Å². The molecular formula is C17H27FN2O. The Balaban J connectivity index is 2.80. The second-order valence-electron chi connectivity index (χ2n) is 6.67. The van der Waals surface area contributed by atoms with Crippen LogP contribution in [0, 0.1) is 11.2 Å². The first-order valence-corrected chi connectivity index (χ1v) is 7.54. The predicted octanol–water partition coefficient (Wildman–Crippen LogP) is 3.55. The standard InChI is InChI=1S/C17H27FN2O/c1-5-6-14(19)11-15(21)20-16(17(2,3)4)12-7-9-13(18)10-8-12/h7-10,14,16H,5-6,11,19H2,1-4H3,(H,20,21). The average molecular weight is 294 g/mol. The monoisotopic (exact) mass is 294 g/mol. The van der Waals surface area contributed by atoms with Gasteiger partial charge in [-0.1, -0.05) is 46.2 Å². The molecule has 21 heavy (non-hydrogen) atoms. The lowest BCUT2D eigenvalue weighted by Gasteiger charge is -2.32. The summed E-state index contributed by atoms with van der Waals surface area (Å²) in [7, 11) is 0. The second kappa shape index (κ2) is 7.55. The third kappa shape index (κ3) is 5.84. The molecule has 0 radical (unpaired) electrons. The molecule has 4 heteroatoms. The summed E-state index contributed by atoms with van der Waals surface area (Å²) < 4.78 is 13.1. The van der Waals surface area contributed by atoms with Gasteiger partial charge in [0.15, 0.2) is 0 Å². The van der Waals surface area contributed by atoms with Crippen molar-refractivity contribution in [3.63, 3.8) is 0 Å². The molecule has 3 nitrogen and oxygen atoms in total. The Morgan fingerprint density at radius 1 is 1.29 bits per heavy atom. The van der Waals surface area contributed by atoms with E-state index in [1.807, 2.05) is 27.7 Å². The molecule has 1 aromatic carbocycles. The van der Waals surface area contributed by atoms with Crippen LogP contribution in [0.5, 0.6) is 0 Å². The van der Waals surface area contributed by atoms with Crippen LogP contribution < -0.4 is 11.1 Å². The Hall–Kier alpha value is -1.42. The SMILES string of the molecule is CCCC(N)CC(=O)NC(c1ccc(F)cc1)C(C)(C)C. The van der Waals surface area contributed by atoms with Crippen molar-refractivity contribution in [1.29, 1.82) is 0 Å². The molecule has 1 aromatic rings. The summed E-state index contributed by atoms with van der Waals surface area (Å²) in [5.41, 5.74) is 6.66. The van der Waals surface area contributed by atoms with Crippen LogP contribution in [0.1, 0.15) is 58.6 Å². The molecule has 1 rings (SSSR count). The highest BCUT2D eigenvalue weighted by atomic mass is 19.1. The Morgan fingerprint density at radius 2 is 1.86 bits per heavy atom. The van der Waals surface area contributed by atoms with Gasteiger partial charge in [-0.3, -0.25) is 4.79 Å². The lowest BCUT2D eigenvalue weighted by Crippen LogP contribution is -2.39. The summed E-state index contributed by atoms with van der Waals surface area (Å²) in [5, 5.41) is 3.04. The molecule has 1 amide bonds. The summed E-state index contributed by atoms with van der Waals surface area (Å²) in [6.07, 6.45) is 2.13. The minimum Gasteiger partial charge on any atom is -0.349 e. The first-order chi connectivity index (χ1) is 9.74. The van der Waals surface area contributed by atoms with Crippen molar-refractivity contribution < 1.29 is 9.18 Å². The van der Waals surface area contributed by atoms with E-state index in [-0.39, 0.29) is 29.2 Å². The van der Waals surface area contributed by atoms with E-state index in [4.69, 9.17) is 5.73 Å². The highest BCUT2D eigenvalue weighted by Crippen LogP contribution is 2.32. The van der Waals surface area contributed by atoms with Gasteiger partial charge in [-0.15, -0.1) is 0 Å². The number of halogens is 1. The number of nitrogens with two attached hydrogens (primary N) is 1. The van der Waals surface area contributed by atoms with E-state index < -0.39 is 0 Å². The van der Waals surface area contributed by atoms with Gasteiger partial charge in [-0.25, -0.2) is 4.39 Å². The first kappa shape index (κ1) is 17.6. The molecule has 0 bridgehead atoms. The lowest BCUT2D eigenvalue weighted by atomic mass is 9.82. The number of amides is 1. The molecule has 0 spiro atoms. The van der Waals surface area contributed by atoms with Crippen molar-refractivity contribution in [1.82, 2.24) is 5.32 Å². The molecule has 3 N–H and O–H groups in total. The molecular weight excluding hydrogens is 267 g/mol. The van der Waals surface area contributed by atoms with Crippen LogP contribution in [0.3, 0.4) is 0 Å². The molecule has 0 heterocycles. The third-order valence-corrected chi connectivity index (χ3v) is 3.48. The number of carbonyl (C=O) groups is 1. The maximum atomic E-state index is 13.1. The Morgan fingerprint density at radius 3 is 2.33 bits per heavy atom. The molecule has 0 aliphatic carbocycles. The zero-order valence-corrected chi connectivity index (χ0v) is 13.4. The van der Waals surface area contributed by atoms with Crippen molar-refractivity contribution >= 4 is 5.91 Å². The van der Waals surface area contributed by atoms with Gasteiger partial charge < -0.3 is 11.1 Å². The van der Waals surface area contributed by atoms with Gasteiger partial charge in [-0.2, -0.15) is 0 Å². The van der Waals surface area contributed by atoms with Gasteiger partial charge in [0.25, 0.3) is 0 Å². The third-order valence-electron chi connectivity index (χ3n) is 3.48. The number of hydrogen-bond acceptors (Lipinski definition) is 2. The number of hydrogen-bond donors (Lipinski definition) is 2. The van der Waals surface area contributed by atoms with Gasteiger partial charge >= 0.3 is 0 Å². The summed E-state index contributed by atoms with van der Waals surface area (Å²) in [6, 6.07) is 6.00. The largest absolute Gasteiger partial charge is 0.349 e. The molecule has 0 aliphatic heterocycles. The predicted molar refractivity (Wildman–Crippen MR) is 84.2 cm³/mol. The zero-order valence-electron chi connectivity index (χ0n) is 13.4. The number of nitrogens with one attached hydrogen (secondary N) is 1. The summed E-state index contributed by atoms with van der Waals surface area (Å²) >= 11 is 0. The maximum Gasteiger partial charge on any atom is 0.222 e. The summed E-state index contributed by atoms with van der Waals surface area (Å²) in [6.45, 7) is 8.20. The van der Waals surface area contributed by atoms with Gasteiger partial charge in [0, 0.05) is 12.5 Å². The van der Waals surface area contributed by atoms with Gasteiger partial charge in [0.05, 0.1) is 6.04 Å². The second-order valence-corrected chi connectivity index (χ2v) is 6.67. The highest BCUT2D eigenvalue weighted by Gasteiger charge is 2.28. The fourth-order valence-corrected chi connectivity index (χ4v) is 2.39. The van der Waals surface area contributed by atoms with E-state index in [2.05, 4.69) is 5.32 Å². The highest BCUT2D eigenvalue weighted by molar-refractivity contribution is 5.77. The van der Waals surface area contributed by atoms with Crippen LogP contribution in [0.25, 0.3) is 0 Å². The van der Waals surface area contributed by atoms with Crippen LogP contribution in [0.4, 0.5) is 4.39 Å². The molecule has 2 atom stereocenters. The van der Waals surface area contributed by atoms with E-state index in [0.717, 1.165) is 18.4 Å². The van der Waals surface area contributed by atoms with Crippen LogP contribution in [0.2, 0.25) is 0 Å². The minimum absolute atomic E-state index is 0.0554. The smallest absolute Gasteiger partial charge is 0.222 e. The van der Waals surface area contributed by atoms with Crippen LogP contribution in [-0.4, -0.2) is 11.9 Å². The molecule has 0 aromatic heterocycles. The van der Waals surface area contributed by atoms with Gasteiger partial charge in [0.2, 0.25) is 5.91 Å². The van der Waals surface area contributed by atoms with E-state index in [1.54, 1.807) is 12.1 Å². The molecule has 0 saturated carbocycles. The maximum absolute atomic E-state index is 13.1. The summed E-state index contributed by atoms with van der Waals surface area (Å²) in [5.74, 6) is -0.331. The van der Waals surface area contributed by atoms with Gasteiger partial charge in [0.1, 0.15) is 5.82 Å². The average Bonchev–Trinajstić information content (AvgIpc) is 2.36. The quantitative estimate of drug-likeness (QED) is 0.843. The number of carbonyl (C=O) groups excluding carboxylic acids is 1. The van der Waals surface area contributed by atoms with Gasteiger partial charge in [-0.05, 0) is 29.5 Å². The van der Waals surface area contributed by atoms with Crippen molar-refractivity contribution in [2.75, 3.05) is 0 Å². The summed E-state index contributed by atoms with van der Waals surface area (Å²) in [4.78, 5) is 12.2. The lowest BCUT2D eigenvalue weighted by molar-refractivity contribution is -0.123. The Labute approximate surface area is 127 Å². The van der Waals surface area contributed by atoms with Crippen molar-refractivity contribution in [3.8, 4) is 0 Å². The van der Waals surface area contributed by atoms with Crippen LogP contribution >= 0.6 is 0 Å². The fraction of sp³-hybridized carbons (Fsp3) is 0.588. The minimum atomic E-state index is -0.275. The van der Waals surface area contributed by atoms with E-state index >= 15 is 0 Å². The van der Waals surface area contributed by atoms with Crippen molar-refractivity contribution in [3.05, 3.63) is 35.6 Å². The van der Waals surface area contributed by atoms with E-state index in [9.17, 15) is 9.18 Å². The molecule has 0 aliphatic rings. The normalized spacial score (nSPS) is 14.6. The zero-order chi connectivity index (χ0) is 16.0.